The van der Waals surface area contributed by atoms with Gasteiger partial charge in [0.25, 0.3) is 0 Å². The highest BCUT2D eigenvalue weighted by atomic mass is 35.5. The lowest BCUT2D eigenvalue weighted by Crippen LogP contribution is -2.15. The number of halogens is 1. The summed E-state index contributed by atoms with van der Waals surface area (Å²) < 4.78 is 0. The monoisotopic (exact) mass is 289 g/mol. The standard InChI is InChI=1S/C16H16ClNO2/c1-10-5-11(2)7-12(6-10)8-14(16(19)20)13-3-4-15(17)18-9-13/h3-7,9,14H,8H2,1-2H3,(H,19,20). The largest absolute Gasteiger partial charge is 0.481 e. The van der Waals surface area contributed by atoms with Gasteiger partial charge in [-0.25, -0.2) is 4.98 Å². The zero-order valence-corrected chi connectivity index (χ0v) is 12.2. The van der Waals surface area contributed by atoms with Crippen molar-refractivity contribution in [3.63, 3.8) is 0 Å². The third-order valence-electron chi connectivity index (χ3n) is 3.17. The van der Waals surface area contributed by atoms with Gasteiger partial charge < -0.3 is 5.11 Å². The Kier molecular flexibility index (Phi) is 4.40. The molecule has 3 nitrogen and oxygen atoms in total. The fourth-order valence-electron chi connectivity index (χ4n) is 2.36. The Bertz CT molecular complexity index is 603. The van der Waals surface area contributed by atoms with E-state index >= 15 is 0 Å². The first-order valence-electron chi connectivity index (χ1n) is 6.37. The van der Waals surface area contributed by atoms with Crippen molar-refractivity contribution in [2.75, 3.05) is 0 Å². The summed E-state index contributed by atoms with van der Waals surface area (Å²) in [6, 6.07) is 9.45. The van der Waals surface area contributed by atoms with Crippen LogP contribution in [-0.4, -0.2) is 16.1 Å². The maximum atomic E-state index is 11.5. The summed E-state index contributed by atoms with van der Waals surface area (Å²) in [7, 11) is 0. The lowest BCUT2D eigenvalue weighted by Gasteiger charge is -2.13. The van der Waals surface area contributed by atoms with Gasteiger partial charge in [-0.3, -0.25) is 4.79 Å². The van der Waals surface area contributed by atoms with Crippen molar-refractivity contribution in [3.05, 3.63) is 63.9 Å². The molecule has 0 spiro atoms. The fraction of sp³-hybridized carbons (Fsp3) is 0.250. The van der Waals surface area contributed by atoms with E-state index in [2.05, 4.69) is 11.1 Å². The van der Waals surface area contributed by atoms with Crippen LogP contribution in [0.3, 0.4) is 0 Å². The summed E-state index contributed by atoms with van der Waals surface area (Å²) in [6.07, 6.45) is 1.98. The molecule has 2 rings (SSSR count). The van der Waals surface area contributed by atoms with E-state index in [1.54, 1.807) is 12.1 Å². The Morgan fingerprint density at radius 3 is 2.40 bits per heavy atom. The molecule has 1 atom stereocenters. The van der Waals surface area contributed by atoms with Crippen LogP contribution >= 0.6 is 11.6 Å². The van der Waals surface area contributed by atoms with Gasteiger partial charge in [0.1, 0.15) is 5.15 Å². The van der Waals surface area contributed by atoms with E-state index in [0.717, 1.165) is 16.7 Å². The van der Waals surface area contributed by atoms with E-state index in [0.29, 0.717) is 17.1 Å². The van der Waals surface area contributed by atoms with Gasteiger partial charge in [-0.15, -0.1) is 0 Å². The van der Waals surface area contributed by atoms with E-state index in [-0.39, 0.29) is 0 Å². The predicted octanol–water partition coefficient (Wildman–Crippen LogP) is 3.76. The van der Waals surface area contributed by atoms with Gasteiger partial charge in [0.15, 0.2) is 0 Å². The van der Waals surface area contributed by atoms with E-state index in [4.69, 9.17) is 11.6 Å². The number of hydrogen-bond donors (Lipinski definition) is 1. The Labute approximate surface area is 123 Å². The number of carboxylic acids is 1. The van der Waals surface area contributed by atoms with Gasteiger partial charge in [-0.1, -0.05) is 47.0 Å². The fourth-order valence-corrected chi connectivity index (χ4v) is 2.48. The van der Waals surface area contributed by atoms with E-state index < -0.39 is 11.9 Å². The van der Waals surface area contributed by atoms with Crippen molar-refractivity contribution < 1.29 is 9.90 Å². The van der Waals surface area contributed by atoms with Crippen molar-refractivity contribution in [2.24, 2.45) is 0 Å². The average Bonchev–Trinajstić information content (AvgIpc) is 2.36. The van der Waals surface area contributed by atoms with Crippen LogP contribution in [0.25, 0.3) is 0 Å². The number of carbonyl (C=O) groups is 1. The van der Waals surface area contributed by atoms with Gasteiger partial charge >= 0.3 is 5.97 Å². The van der Waals surface area contributed by atoms with Crippen LogP contribution < -0.4 is 0 Å². The summed E-state index contributed by atoms with van der Waals surface area (Å²) >= 11 is 5.74. The Morgan fingerprint density at radius 1 is 1.25 bits per heavy atom. The number of aliphatic carboxylic acids is 1. The van der Waals surface area contributed by atoms with Crippen LogP contribution in [0.4, 0.5) is 0 Å². The minimum atomic E-state index is -0.853. The molecule has 0 saturated carbocycles. The molecular weight excluding hydrogens is 274 g/mol. The minimum Gasteiger partial charge on any atom is -0.481 e. The topological polar surface area (TPSA) is 50.2 Å². The lowest BCUT2D eigenvalue weighted by atomic mass is 9.92. The van der Waals surface area contributed by atoms with Crippen LogP contribution in [0.2, 0.25) is 5.15 Å². The highest BCUT2D eigenvalue weighted by molar-refractivity contribution is 6.29. The Morgan fingerprint density at radius 2 is 1.90 bits per heavy atom. The molecule has 0 saturated heterocycles. The van der Waals surface area contributed by atoms with E-state index in [1.807, 2.05) is 26.0 Å². The molecule has 1 heterocycles. The van der Waals surface area contributed by atoms with Crippen molar-refractivity contribution in [1.29, 1.82) is 0 Å². The third-order valence-corrected chi connectivity index (χ3v) is 3.40. The number of pyridine rings is 1. The summed E-state index contributed by atoms with van der Waals surface area (Å²) in [5.41, 5.74) is 3.96. The summed E-state index contributed by atoms with van der Waals surface area (Å²) in [5, 5.41) is 9.80. The molecule has 0 aliphatic rings. The van der Waals surface area contributed by atoms with Gasteiger partial charge in [0.05, 0.1) is 5.92 Å². The molecule has 0 bridgehead atoms. The average molecular weight is 290 g/mol. The lowest BCUT2D eigenvalue weighted by molar-refractivity contribution is -0.138. The van der Waals surface area contributed by atoms with Crippen LogP contribution in [0.5, 0.6) is 0 Å². The second-order valence-corrected chi connectivity index (χ2v) is 5.39. The van der Waals surface area contributed by atoms with Crippen molar-refractivity contribution in [2.45, 2.75) is 26.2 Å². The molecule has 20 heavy (non-hydrogen) atoms. The first-order chi connectivity index (χ1) is 9.45. The molecule has 1 N–H and O–H groups in total. The van der Waals surface area contributed by atoms with Crippen LogP contribution in [-0.2, 0) is 11.2 Å². The molecule has 1 unspecified atom stereocenters. The van der Waals surface area contributed by atoms with Crippen molar-refractivity contribution in [3.8, 4) is 0 Å². The van der Waals surface area contributed by atoms with Crippen molar-refractivity contribution in [1.82, 2.24) is 4.98 Å². The van der Waals surface area contributed by atoms with Crippen LogP contribution in [0, 0.1) is 13.8 Å². The molecule has 2 aromatic rings. The maximum Gasteiger partial charge on any atom is 0.311 e. The minimum absolute atomic E-state index is 0.365. The molecule has 0 aliphatic carbocycles. The number of hydrogen-bond acceptors (Lipinski definition) is 2. The van der Waals surface area contributed by atoms with Crippen LogP contribution in [0.1, 0.15) is 28.2 Å². The summed E-state index contributed by atoms with van der Waals surface area (Å²) in [6.45, 7) is 4.02. The molecule has 0 aliphatic heterocycles. The molecule has 0 radical (unpaired) electrons. The maximum absolute atomic E-state index is 11.5. The number of rotatable bonds is 4. The second kappa shape index (κ2) is 6.06. The van der Waals surface area contributed by atoms with E-state index in [1.165, 1.54) is 6.20 Å². The normalized spacial score (nSPS) is 12.2. The second-order valence-electron chi connectivity index (χ2n) is 5.01. The van der Waals surface area contributed by atoms with Gasteiger partial charge in [0, 0.05) is 6.20 Å². The zero-order valence-electron chi connectivity index (χ0n) is 11.4. The number of nitrogens with zero attached hydrogens (tertiary/aromatic N) is 1. The number of benzene rings is 1. The molecular formula is C16H16ClNO2. The van der Waals surface area contributed by atoms with E-state index in [9.17, 15) is 9.90 Å². The quantitative estimate of drug-likeness (QED) is 0.872. The molecule has 0 amide bonds. The smallest absolute Gasteiger partial charge is 0.311 e. The Hall–Kier alpha value is -1.87. The highest BCUT2D eigenvalue weighted by Crippen LogP contribution is 2.23. The van der Waals surface area contributed by atoms with Gasteiger partial charge in [-0.05, 0) is 37.5 Å². The Balaban J connectivity index is 2.30. The molecule has 104 valence electrons. The third kappa shape index (κ3) is 3.58. The number of carboxylic acid groups (broad SMARTS) is 1. The first-order valence-corrected chi connectivity index (χ1v) is 6.75. The van der Waals surface area contributed by atoms with Gasteiger partial charge in [-0.2, -0.15) is 0 Å². The molecule has 4 heteroatoms. The first kappa shape index (κ1) is 14.5. The van der Waals surface area contributed by atoms with Crippen molar-refractivity contribution >= 4 is 17.6 Å². The summed E-state index contributed by atoms with van der Waals surface area (Å²) in [5.74, 6) is -1.46. The summed E-state index contributed by atoms with van der Waals surface area (Å²) in [4.78, 5) is 15.5. The van der Waals surface area contributed by atoms with Crippen LogP contribution in [0.15, 0.2) is 36.5 Å². The number of aromatic nitrogens is 1. The van der Waals surface area contributed by atoms with Gasteiger partial charge in [0.2, 0.25) is 0 Å². The molecule has 0 fully saturated rings. The zero-order chi connectivity index (χ0) is 14.7. The number of aryl methyl sites for hydroxylation is 2. The SMILES string of the molecule is Cc1cc(C)cc(CC(C(=O)O)c2ccc(Cl)nc2)c1. The molecule has 1 aromatic carbocycles. The molecule has 1 aromatic heterocycles. The highest BCUT2D eigenvalue weighted by Gasteiger charge is 2.21. The predicted molar refractivity (Wildman–Crippen MR) is 79.2 cm³/mol.